The van der Waals surface area contributed by atoms with Gasteiger partial charge >= 0.3 is 12.4 Å². The van der Waals surface area contributed by atoms with Crippen LogP contribution in [0.5, 0.6) is 11.5 Å². The number of aromatic amines is 1. The third kappa shape index (κ3) is 7.76. The van der Waals surface area contributed by atoms with Crippen molar-refractivity contribution in [3.63, 3.8) is 0 Å². The highest BCUT2D eigenvalue weighted by Crippen LogP contribution is 2.50. The van der Waals surface area contributed by atoms with Crippen LogP contribution in [0.2, 0.25) is 0 Å². The van der Waals surface area contributed by atoms with Crippen molar-refractivity contribution in [3.05, 3.63) is 83.6 Å². The van der Waals surface area contributed by atoms with Crippen molar-refractivity contribution >= 4 is 22.9 Å². The van der Waals surface area contributed by atoms with Gasteiger partial charge in [-0.1, -0.05) is 39.0 Å². The number of rotatable bonds is 14. The molecular weight excluding hydrogens is 694 g/mol. The van der Waals surface area contributed by atoms with Gasteiger partial charge in [-0.25, -0.2) is 8.78 Å². The van der Waals surface area contributed by atoms with E-state index < -0.39 is 83.2 Å². The highest BCUT2D eigenvalue weighted by atomic mass is 19.4. The number of aliphatic hydroxyl groups is 2. The first-order valence-corrected chi connectivity index (χ1v) is 15.5. The van der Waals surface area contributed by atoms with Crippen molar-refractivity contribution in [2.75, 3.05) is 19.5 Å². The smallest absolute Gasteiger partial charge is 0.424 e. The molecule has 278 valence electrons. The Balaban J connectivity index is 1.99. The van der Waals surface area contributed by atoms with Crippen LogP contribution in [-0.2, 0) is 15.6 Å². The average molecular weight is 732 g/mol. The molecule has 51 heavy (non-hydrogen) atoms. The molecule has 0 spiro atoms. The Hall–Kier alpha value is -4.44. The highest BCUT2D eigenvalue weighted by Gasteiger charge is 2.63. The van der Waals surface area contributed by atoms with Crippen LogP contribution in [-0.4, -0.2) is 70.5 Å². The summed E-state index contributed by atoms with van der Waals surface area (Å²) in [5, 5.41) is 32.0. The Morgan fingerprint density at radius 2 is 1.41 bits per heavy atom. The Morgan fingerprint density at radius 3 is 1.90 bits per heavy atom. The predicted molar refractivity (Wildman–Crippen MR) is 172 cm³/mol. The second-order valence-electron chi connectivity index (χ2n) is 13.5. The molecule has 4 N–H and O–H groups in total. The number of carbonyl (C=O) groups is 1. The summed E-state index contributed by atoms with van der Waals surface area (Å²) >= 11 is 0. The molecule has 4 rings (SSSR count). The third-order valence-corrected chi connectivity index (χ3v) is 9.33. The first-order chi connectivity index (χ1) is 23.5. The molecule has 0 aliphatic rings. The van der Waals surface area contributed by atoms with Crippen LogP contribution in [0.3, 0.4) is 0 Å². The topological polar surface area (TPSA) is 117 Å². The van der Waals surface area contributed by atoms with E-state index in [1.807, 2.05) is 0 Å². The van der Waals surface area contributed by atoms with Gasteiger partial charge in [0.1, 0.15) is 23.1 Å². The van der Waals surface area contributed by atoms with Crippen LogP contribution in [0.25, 0.3) is 10.9 Å². The van der Waals surface area contributed by atoms with Gasteiger partial charge in [-0.05, 0) is 53.6 Å². The monoisotopic (exact) mass is 731 g/mol. The molecule has 3 aromatic carbocycles. The Labute approximate surface area is 287 Å². The molecule has 0 aliphatic carbocycles. The van der Waals surface area contributed by atoms with E-state index in [0.29, 0.717) is 5.52 Å². The summed E-state index contributed by atoms with van der Waals surface area (Å²) in [4.78, 5) is 11.9. The van der Waals surface area contributed by atoms with E-state index in [1.165, 1.54) is 58.5 Å². The van der Waals surface area contributed by atoms with Crippen LogP contribution >= 0.6 is 0 Å². The minimum atomic E-state index is -5.64. The van der Waals surface area contributed by atoms with E-state index in [0.717, 1.165) is 31.2 Å². The molecule has 0 radical (unpaired) electrons. The maximum absolute atomic E-state index is 15.8. The van der Waals surface area contributed by atoms with E-state index in [1.54, 1.807) is 6.07 Å². The van der Waals surface area contributed by atoms with Crippen molar-refractivity contribution < 1.29 is 59.6 Å². The fourth-order valence-corrected chi connectivity index (χ4v) is 6.63. The van der Waals surface area contributed by atoms with Gasteiger partial charge in [-0.15, -0.1) is 0 Å². The standard InChI is InChI=1S/C35H37F8N3O5/c1-30(2,23-11-9-20(50-4)13-25(23)36)17-33(49,35(41,42)43)29(45-27-7-6-8-28-22(27)16-44-46-28)15-31(3,18-32(48,19-47)34(38,39)40)24-12-10-21(51-5)14-26(24)37/h6-14,16,19,29,45,48-49H,15,17-18H2,1-5H3,(H,44,46). The molecule has 0 bridgehead atoms. The lowest BCUT2D eigenvalue weighted by Crippen LogP contribution is -2.62. The van der Waals surface area contributed by atoms with Crippen LogP contribution in [0.1, 0.15) is 51.2 Å². The molecule has 4 unspecified atom stereocenters. The van der Waals surface area contributed by atoms with Gasteiger partial charge in [0, 0.05) is 35.0 Å². The maximum Gasteiger partial charge on any atom is 0.424 e. The SMILES string of the molecule is COc1ccc(C(C)(C)CC(O)(C(CC(C)(CC(O)(C=O)C(F)(F)F)c2ccc(OC)cc2F)Nc2cccc3[nH]ncc23)C(F)(F)F)c(F)c1. The van der Waals surface area contributed by atoms with Gasteiger partial charge in [0.05, 0.1) is 32.0 Å². The molecule has 8 nitrogen and oxygen atoms in total. The number of alkyl halides is 6. The molecule has 0 amide bonds. The Bertz CT molecular complexity index is 1860. The predicted octanol–water partition coefficient (Wildman–Crippen LogP) is 7.53. The number of hydrogen-bond donors (Lipinski definition) is 4. The van der Waals surface area contributed by atoms with Gasteiger partial charge in [0.2, 0.25) is 5.60 Å². The fourth-order valence-electron chi connectivity index (χ4n) is 6.63. The lowest BCUT2D eigenvalue weighted by molar-refractivity contribution is -0.275. The molecule has 0 saturated heterocycles. The van der Waals surface area contributed by atoms with E-state index in [2.05, 4.69) is 15.5 Å². The number of hydrogen-bond acceptors (Lipinski definition) is 7. The summed E-state index contributed by atoms with van der Waals surface area (Å²) in [7, 11) is 2.43. The molecule has 1 heterocycles. The summed E-state index contributed by atoms with van der Waals surface area (Å²) in [6, 6.07) is 8.28. The fraction of sp³-hybridized carbons (Fsp3) is 0.429. The van der Waals surface area contributed by atoms with E-state index in [9.17, 15) is 28.2 Å². The molecule has 0 aliphatic heterocycles. The van der Waals surface area contributed by atoms with E-state index in [4.69, 9.17) is 9.47 Å². The van der Waals surface area contributed by atoms with Crippen molar-refractivity contribution in [2.45, 2.75) is 80.5 Å². The van der Waals surface area contributed by atoms with Gasteiger partial charge < -0.3 is 25.0 Å². The molecule has 4 atom stereocenters. The minimum Gasteiger partial charge on any atom is -0.497 e. The number of H-pyrrole nitrogens is 1. The number of methoxy groups -OCH3 is 2. The lowest BCUT2D eigenvalue weighted by atomic mass is 9.65. The van der Waals surface area contributed by atoms with Gasteiger partial charge in [-0.3, -0.25) is 9.89 Å². The van der Waals surface area contributed by atoms with Gasteiger partial charge in [0.15, 0.2) is 11.9 Å². The van der Waals surface area contributed by atoms with Crippen LogP contribution < -0.4 is 14.8 Å². The number of fused-ring (bicyclic) bond motifs is 1. The molecular formula is C35H37F8N3O5. The summed E-state index contributed by atoms with van der Waals surface area (Å²) in [6.45, 7) is 3.41. The lowest BCUT2D eigenvalue weighted by Gasteiger charge is -2.47. The summed E-state index contributed by atoms with van der Waals surface area (Å²) in [6.07, 6.45) is -14.9. The van der Waals surface area contributed by atoms with E-state index >= 15 is 22.0 Å². The first-order valence-electron chi connectivity index (χ1n) is 15.5. The molecule has 0 saturated carbocycles. The van der Waals surface area contributed by atoms with Crippen molar-refractivity contribution in [3.8, 4) is 11.5 Å². The third-order valence-electron chi connectivity index (χ3n) is 9.33. The quantitative estimate of drug-likeness (QED) is 0.0783. The normalized spacial score (nSPS) is 16.8. The summed E-state index contributed by atoms with van der Waals surface area (Å²) < 4.78 is 130. The largest absolute Gasteiger partial charge is 0.497 e. The zero-order valence-electron chi connectivity index (χ0n) is 28.1. The zero-order chi connectivity index (χ0) is 38.2. The molecule has 0 fully saturated rings. The molecule has 4 aromatic rings. The van der Waals surface area contributed by atoms with Crippen molar-refractivity contribution in [2.24, 2.45) is 0 Å². The first kappa shape index (κ1) is 39.3. The van der Waals surface area contributed by atoms with Crippen molar-refractivity contribution in [1.29, 1.82) is 0 Å². The van der Waals surface area contributed by atoms with Crippen LogP contribution in [0.15, 0.2) is 60.8 Å². The Morgan fingerprint density at radius 1 is 0.843 bits per heavy atom. The average Bonchev–Trinajstić information content (AvgIpc) is 3.52. The summed E-state index contributed by atoms with van der Waals surface area (Å²) in [5.74, 6) is -2.20. The number of halogens is 8. The van der Waals surface area contributed by atoms with Crippen LogP contribution in [0, 0.1) is 11.6 Å². The number of aldehydes is 1. The molecule has 16 heteroatoms. The number of nitrogens with zero attached hydrogens (tertiary/aromatic N) is 1. The van der Waals surface area contributed by atoms with Gasteiger partial charge in [0.25, 0.3) is 0 Å². The van der Waals surface area contributed by atoms with Gasteiger partial charge in [-0.2, -0.15) is 31.4 Å². The number of aromatic nitrogens is 2. The van der Waals surface area contributed by atoms with Crippen molar-refractivity contribution in [1.82, 2.24) is 10.2 Å². The molecule has 1 aromatic heterocycles. The number of carbonyl (C=O) groups excluding carboxylic acids is 1. The maximum atomic E-state index is 15.8. The Kier molecular flexibility index (Phi) is 10.8. The minimum absolute atomic E-state index is 0.0543. The van der Waals surface area contributed by atoms with Crippen LogP contribution in [0.4, 0.5) is 40.8 Å². The second kappa shape index (κ2) is 13.9. The summed E-state index contributed by atoms with van der Waals surface area (Å²) in [5.41, 5.74) is -12.9. The number of anilines is 1. The number of benzene rings is 3. The van der Waals surface area contributed by atoms with E-state index in [-0.39, 0.29) is 28.1 Å². The highest BCUT2D eigenvalue weighted by molar-refractivity contribution is 5.91. The zero-order valence-corrected chi connectivity index (χ0v) is 28.1. The number of ether oxygens (including phenoxy) is 2. The number of nitrogens with one attached hydrogen (secondary N) is 2. The second-order valence-corrected chi connectivity index (χ2v) is 13.5.